The van der Waals surface area contributed by atoms with Crippen LogP contribution in [-0.2, 0) is 11.8 Å². The Balaban J connectivity index is 2.02. The van der Waals surface area contributed by atoms with Gasteiger partial charge in [0.1, 0.15) is 4.32 Å². The fourth-order valence-electron chi connectivity index (χ4n) is 2.42. The van der Waals surface area contributed by atoms with Gasteiger partial charge >= 0.3 is 0 Å². The molecule has 4 nitrogen and oxygen atoms in total. The first kappa shape index (κ1) is 14.3. The summed E-state index contributed by atoms with van der Waals surface area (Å²) >= 11 is 6.47. The van der Waals surface area contributed by atoms with Crippen molar-refractivity contribution in [3.05, 3.63) is 40.9 Å². The minimum atomic E-state index is -0.132. The van der Waals surface area contributed by atoms with E-state index in [0.29, 0.717) is 9.23 Å². The molecule has 1 fully saturated rings. The number of para-hydroxylation sites is 1. The highest BCUT2D eigenvalue weighted by Crippen LogP contribution is 2.33. The molecule has 108 valence electrons. The Morgan fingerprint density at radius 3 is 2.90 bits per heavy atom. The average molecular weight is 318 g/mol. The predicted molar refractivity (Wildman–Crippen MR) is 89.9 cm³/mol. The van der Waals surface area contributed by atoms with Crippen molar-refractivity contribution in [3.63, 3.8) is 0 Å². The number of aliphatic hydroxyl groups excluding tert-OH is 1. The summed E-state index contributed by atoms with van der Waals surface area (Å²) < 4.78 is 2.54. The highest BCUT2D eigenvalue weighted by molar-refractivity contribution is 8.26. The summed E-state index contributed by atoms with van der Waals surface area (Å²) in [6, 6.07) is 8.06. The largest absolute Gasteiger partial charge is 0.395 e. The molecule has 1 aliphatic rings. The van der Waals surface area contributed by atoms with Crippen molar-refractivity contribution in [1.82, 2.24) is 9.47 Å². The molecule has 0 aliphatic carbocycles. The summed E-state index contributed by atoms with van der Waals surface area (Å²) in [5.74, 6) is -0.132. The van der Waals surface area contributed by atoms with Gasteiger partial charge in [0.2, 0.25) is 0 Å². The normalized spacial score (nSPS) is 17.4. The van der Waals surface area contributed by atoms with Crippen molar-refractivity contribution >= 4 is 51.2 Å². The minimum Gasteiger partial charge on any atom is -0.395 e. The van der Waals surface area contributed by atoms with E-state index in [9.17, 15) is 4.79 Å². The van der Waals surface area contributed by atoms with Crippen molar-refractivity contribution in [1.29, 1.82) is 0 Å². The summed E-state index contributed by atoms with van der Waals surface area (Å²) in [4.78, 5) is 14.3. The van der Waals surface area contributed by atoms with Gasteiger partial charge in [-0.1, -0.05) is 42.2 Å². The molecule has 0 saturated carbocycles. The first-order valence-electron chi connectivity index (χ1n) is 6.52. The van der Waals surface area contributed by atoms with E-state index < -0.39 is 0 Å². The summed E-state index contributed by atoms with van der Waals surface area (Å²) in [6.07, 6.45) is 3.88. The highest BCUT2D eigenvalue weighted by Gasteiger charge is 2.31. The average Bonchev–Trinajstić information content (AvgIpc) is 2.93. The molecule has 1 N–H and O–H groups in total. The quantitative estimate of drug-likeness (QED) is 0.697. The number of thiocarbonyl (C=S) groups is 1. The minimum absolute atomic E-state index is 0.0893. The third kappa shape index (κ3) is 2.50. The van der Waals surface area contributed by atoms with Gasteiger partial charge in [-0.2, -0.15) is 0 Å². The molecule has 3 rings (SSSR count). The Kier molecular flexibility index (Phi) is 3.84. The Bertz CT molecular complexity index is 764. The molecule has 21 heavy (non-hydrogen) atoms. The zero-order valence-corrected chi connectivity index (χ0v) is 13.1. The summed E-state index contributed by atoms with van der Waals surface area (Å²) in [5, 5.41) is 10.1. The number of hydrogen-bond donors (Lipinski definition) is 1. The lowest BCUT2D eigenvalue weighted by Gasteiger charge is -2.11. The first-order chi connectivity index (χ1) is 10.1. The molecular formula is C15H14N2O2S2. The molecule has 1 aromatic heterocycles. The van der Waals surface area contributed by atoms with Crippen molar-refractivity contribution in [2.75, 3.05) is 13.2 Å². The smallest absolute Gasteiger partial charge is 0.266 e. The molecule has 6 heteroatoms. The number of aromatic nitrogens is 1. The van der Waals surface area contributed by atoms with Crippen LogP contribution in [0.15, 0.2) is 35.4 Å². The molecule has 0 unspecified atom stereocenters. The standard InChI is InChI=1S/C15H14N2O2S2/c1-16-9-10(11-4-2-3-5-12(11)16)8-13-14(19)17(6-7-18)15(20)21-13/h2-5,8-9,18H,6-7H2,1H3/b13-8-. The van der Waals surface area contributed by atoms with Crippen LogP contribution in [-0.4, -0.2) is 38.0 Å². The van der Waals surface area contributed by atoms with Gasteiger partial charge < -0.3 is 9.67 Å². The van der Waals surface area contributed by atoms with E-state index in [1.807, 2.05) is 48.2 Å². The number of aryl methyl sites for hydroxylation is 1. The zero-order valence-electron chi connectivity index (χ0n) is 11.4. The molecule has 2 heterocycles. The van der Waals surface area contributed by atoms with Crippen LogP contribution in [0.5, 0.6) is 0 Å². The number of nitrogens with zero attached hydrogens (tertiary/aromatic N) is 2. The van der Waals surface area contributed by atoms with Gasteiger partial charge in [-0.05, 0) is 12.1 Å². The van der Waals surface area contributed by atoms with Crippen molar-refractivity contribution < 1.29 is 9.90 Å². The molecule has 0 atom stereocenters. The maximum atomic E-state index is 12.3. The first-order valence-corrected chi connectivity index (χ1v) is 7.74. The van der Waals surface area contributed by atoms with E-state index in [2.05, 4.69) is 0 Å². The number of thioether (sulfide) groups is 1. The van der Waals surface area contributed by atoms with Crippen LogP contribution in [0.3, 0.4) is 0 Å². The number of carbonyl (C=O) groups is 1. The summed E-state index contributed by atoms with van der Waals surface area (Å²) in [7, 11) is 1.98. The van der Waals surface area contributed by atoms with Gasteiger partial charge in [-0.25, -0.2) is 0 Å². The predicted octanol–water partition coefficient (Wildman–Crippen LogP) is 2.37. The number of hydrogen-bond acceptors (Lipinski definition) is 4. The molecule has 1 aliphatic heterocycles. The van der Waals surface area contributed by atoms with E-state index in [1.54, 1.807) is 0 Å². The maximum Gasteiger partial charge on any atom is 0.266 e. The molecule has 1 saturated heterocycles. The van der Waals surface area contributed by atoms with Gasteiger partial charge in [0.15, 0.2) is 0 Å². The van der Waals surface area contributed by atoms with Crippen LogP contribution in [0.25, 0.3) is 17.0 Å². The van der Waals surface area contributed by atoms with Crippen LogP contribution in [0.4, 0.5) is 0 Å². The van der Waals surface area contributed by atoms with Gasteiger partial charge in [0, 0.05) is 29.7 Å². The van der Waals surface area contributed by atoms with Crippen molar-refractivity contribution in [2.24, 2.45) is 7.05 Å². The Morgan fingerprint density at radius 1 is 1.38 bits per heavy atom. The van der Waals surface area contributed by atoms with E-state index in [4.69, 9.17) is 17.3 Å². The second-order valence-electron chi connectivity index (χ2n) is 4.77. The van der Waals surface area contributed by atoms with E-state index in [1.165, 1.54) is 16.7 Å². The second kappa shape index (κ2) is 5.63. The number of amides is 1. The molecule has 0 spiro atoms. The fraction of sp³-hybridized carbons (Fsp3) is 0.200. The Hall–Kier alpha value is -1.63. The SMILES string of the molecule is Cn1cc(/C=C2\SC(=S)N(CCO)C2=O)c2ccccc21. The zero-order chi connectivity index (χ0) is 15.0. The molecule has 1 amide bonds. The Labute approximate surface area is 132 Å². The summed E-state index contributed by atoms with van der Waals surface area (Å²) in [6.45, 7) is 0.158. The molecule has 0 radical (unpaired) electrons. The highest BCUT2D eigenvalue weighted by atomic mass is 32.2. The van der Waals surface area contributed by atoms with Crippen molar-refractivity contribution in [3.8, 4) is 0 Å². The number of β-amino-alcohol motifs (C(OH)–C–C–N with tert-alkyl or cyclic N) is 1. The second-order valence-corrected chi connectivity index (χ2v) is 6.45. The molecule has 0 bridgehead atoms. The van der Waals surface area contributed by atoms with E-state index >= 15 is 0 Å². The Morgan fingerprint density at radius 2 is 2.14 bits per heavy atom. The van der Waals surface area contributed by atoms with E-state index in [0.717, 1.165) is 16.5 Å². The fourth-order valence-corrected chi connectivity index (χ4v) is 3.72. The molecular weight excluding hydrogens is 304 g/mol. The van der Waals surface area contributed by atoms with Crippen LogP contribution in [0, 0.1) is 0 Å². The lowest BCUT2D eigenvalue weighted by atomic mass is 10.1. The lowest BCUT2D eigenvalue weighted by molar-refractivity contribution is -0.122. The third-order valence-electron chi connectivity index (χ3n) is 3.41. The van der Waals surface area contributed by atoms with Gasteiger partial charge in [0.25, 0.3) is 5.91 Å². The number of carbonyl (C=O) groups excluding carboxylic acids is 1. The van der Waals surface area contributed by atoms with Gasteiger partial charge in [-0.15, -0.1) is 0 Å². The number of rotatable bonds is 3. The van der Waals surface area contributed by atoms with Crippen LogP contribution in [0.1, 0.15) is 5.56 Å². The van der Waals surface area contributed by atoms with Gasteiger partial charge in [-0.3, -0.25) is 9.69 Å². The van der Waals surface area contributed by atoms with Crippen LogP contribution < -0.4 is 0 Å². The molecule has 1 aromatic carbocycles. The summed E-state index contributed by atoms with van der Waals surface area (Å²) in [5.41, 5.74) is 2.12. The van der Waals surface area contributed by atoms with Gasteiger partial charge in [0.05, 0.1) is 18.1 Å². The maximum absolute atomic E-state index is 12.3. The number of fused-ring (bicyclic) bond motifs is 1. The van der Waals surface area contributed by atoms with Crippen LogP contribution in [0.2, 0.25) is 0 Å². The third-order valence-corrected chi connectivity index (χ3v) is 4.79. The van der Waals surface area contributed by atoms with Crippen LogP contribution >= 0.6 is 24.0 Å². The van der Waals surface area contributed by atoms with Crippen molar-refractivity contribution in [2.45, 2.75) is 0 Å². The monoisotopic (exact) mass is 318 g/mol. The topological polar surface area (TPSA) is 45.5 Å². The van der Waals surface area contributed by atoms with E-state index in [-0.39, 0.29) is 19.1 Å². The number of benzene rings is 1. The lowest BCUT2D eigenvalue weighted by Crippen LogP contribution is -2.30. The number of aliphatic hydroxyl groups is 1. The molecule has 2 aromatic rings.